The second kappa shape index (κ2) is 6.54. The molecule has 20 heavy (non-hydrogen) atoms. The molecule has 0 aliphatic carbocycles. The summed E-state index contributed by atoms with van der Waals surface area (Å²) in [6, 6.07) is 5.05. The molecule has 0 unspecified atom stereocenters. The molecular formula is C13H18BN3O3. The van der Waals surface area contributed by atoms with E-state index in [9.17, 15) is 0 Å². The molecule has 0 spiro atoms. The zero-order chi connectivity index (χ0) is 14.5. The molecule has 0 fully saturated rings. The molecule has 0 amide bonds. The van der Waals surface area contributed by atoms with Gasteiger partial charge in [0.05, 0.1) is 0 Å². The fraction of sp³-hybridized carbons (Fsp3) is 0.385. The van der Waals surface area contributed by atoms with Crippen LogP contribution < -0.4 is 10.2 Å². The largest absolute Gasteiger partial charge is 0.488 e. The van der Waals surface area contributed by atoms with Gasteiger partial charge in [-0.3, -0.25) is 0 Å². The highest BCUT2D eigenvalue weighted by atomic mass is 16.5. The monoisotopic (exact) mass is 275 g/mol. The predicted molar refractivity (Wildman–Crippen MR) is 75.6 cm³/mol. The Morgan fingerprint density at radius 2 is 2.15 bits per heavy atom. The normalized spacial score (nSPS) is 10.6. The highest BCUT2D eigenvalue weighted by Crippen LogP contribution is 2.17. The van der Waals surface area contributed by atoms with Crippen LogP contribution in [-0.2, 0) is 13.2 Å². The van der Waals surface area contributed by atoms with Crippen LogP contribution >= 0.6 is 0 Å². The molecule has 1 aromatic heterocycles. The maximum absolute atomic E-state index is 9.11. The first-order chi connectivity index (χ1) is 9.61. The van der Waals surface area contributed by atoms with Crippen LogP contribution in [-0.4, -0.2) is 31.9 Å². The number of aromatic nitrogens is 3. The molecule has 1 heterocycles. The lowest BCUT2D eigenvalue weighted by molar-refractivity contribution is 0.284. The maximum atomic E-state index is 9.11. The third-order valence-corrected chi connectivity index (χ3v) is 2.99. The third-order valence-electron chi connectivity index (χ3n) is 2.99. The van der Waals surface area contributed by atoms with E-state index in [2.05, 4.69) is 17.0 Å². The Morgan fingerprint density at radius 1 is 1.35 bits per heavy atom. The van der Waals surface area contributed by atoms with Gasteiger partial charge >= 0.3 is 7.12 Å². The molecule has 0 saturated carbocycles. The summed E-state index contributed by atoms with van der Waals surface area (Å²) in [5, 5.41) is 22.4. The van der Waals surface area contributed by atoms with E-state index in [-0.39, 0.29) is 0 Å². The number of nitrogens with zero attached hydrogens (tertiary/aromatic N) is 3. The topological polar surface area (TPSA) is 80.4 Å². The van der Waals surface area contributed by atoms with Gasteiger partial charge in [0.1, 0.15) is 18.7 Å². The van der Waals surface area contributed by atoms with Gasteiger partial charge in [-0.05, 0) is 30.4 Å². The van der Waals surface area contributed by atoms with E-state index >= 15 is 0 Å². The van der Waals surface area contributed by atoms with Crippen molar-refractivity contribution in [2.75, 3.05) is 0 Å². The Morgan fingerprint density at radius 3 is 2.80 bits per heavy atom. The van der Waals surface area contributed by atoms with Gasteiger partial charge in [-0.25, -0.2) is 9.67 Å². The third kappa shape index (κ3) is 3.37. The van der Waals surface area contributed by atoms with E-state index in [1.165, 1.54) is 6.33 Å². The van der Waals surface area contributed by atoms with Gasteiger partial charge in [0, 0.05) is 6.54 Å². The average molecular weight is 275 g/mol. The van der Waals surface area contributed by atoms with Crippen LogP contribution in [0.25, 0.3) is 0 Å². The molecular weight excluding hydrogens is 257 g/mol. The molecule has 6 nitrogen and oxygen atoms in total. The van der Waals surface area contributed by atoms with Crippen molar-refractivity contribution in [1.29, 1.82) is 0 Å². The molecule has 106 valence electrons. The van der Waals surface area contributed by atoms with Crippen LogP contribution in [0, 0.1) is 6.92 Å². The van der Waals surface area contributed by atoms with Crippen molar-refractivity contribution >= 4 is 12.6 Å². The Balaban J connectivity index is 2.05. The van der Waals surface area contributed by atoms with E-state index in [0.29, 0.717) is 17.8 Å². The number of benzene rings is 1. The maximum Gasteiger partial charge on any atom is 0.488 e. The number of rotatable bonds is 6. The van der Waals surface area contributed by atoms with Crippen LogP contribution in [0.2, 0.25) is 0 Å². The molecule has 0 saturated heterocycles. The summed E-state index contributed by atoms with van der Waals surface area (Å²) in [6.45, 7) is 5.09. The van der Waals surface area contributed by atoms with Crippen molar-refractivity contribution in [2.24, 2.45) is 0 Å². The summed E-state index contributed by atoms with van der Waals surface area (Å²) in [6.07, 6.45) is 2.50. The molecule has 0 atom stereocenters. The molecule has 0 radical (unpaired) electrons. The van der Waals surface area contributed by atoms with E-state index in [4.69, 9.17) is 14.8 Å². The Kier molecular flexibility index (Phi) is 4.76. The lowest BCUT2D eigenvalue weighted by atomic mass is 9.79. The van der Waals surface area contributed by atoms with E-state index in [1.807, 2.05) is 11.6 Å². The molecule has 7 heteroatoms. The fourth-order valence-corrected chi connectivity index (χ4v) is 1.94. The van der Waals surface area contributed by atoms with Gasteiger partial charge in [-0.1, -0.05) is 19.1 Å². The van der Waals surface area contributed by atoms with Gasteiger partial charge in [0.25, 0.3) is 0 Å². The highest BCUT2D eigenvalue weighted by Gasteiger charge is 2.13. The van der Waals surface area contributed by atoms with Gasteiger partial charge in [-0.2, -0.15) is 5.10 Å². The summed E-state index contributed by atoms with van der Waals surface area (Å²) in [5.41, 5.74) is 1.29. The summed E-state index contributed by atoms with van der Waals surface area (Å²) in [7, 11) is -1.46. The molecule has 0 aliphatic heterocycles. The molecule has 0 bridgehead atoms. The average Bonchev–Trinajstić information content (AvgIpc) is 2.85. The zero-order valence-corrected chi connectivity index (χ0v) is 11.7. The highest BCUT2D eigenvalue weighted by molar-refractivity contribution is 6.58. The molecule has 2 aromatic rings. The Bertz CT molecular complexity index is 572. The van der Waals surface area contributed by atoms with Crippen LogP contribution in [0.5, 0.6) is 5.75 Å². The predicted octanol–water partition coefficient (Wildman–Crippen LogP) is 0.255. The Labute approximate surface area is 118 Å². The smallest absolute Gasteiger partial charge is 0.485 e. The van der Waals surface area contributed by atoms with Crippen molar-refractivity contribution in [3.05, 3.63) is 35.9 Å². The first kappa shape index (κ1) is 14.6. The van der Waals surface area contributed by atoms with Crippen LogP contribution in [0.4, 0.5) is 0 Å². The SMILES string of the molecule is CCCn1ncnc1COc1ccc(B(O)O)cc1C. The number of hydrogen-bond acceptors (Lipinski definition) is 5. The lowest BCUT2D eigenvalue weighted by Gasteiger charge is -2.11. The minimum absolute atomic E-state index is 0.335. The van der Waals surface area contributed by atoms with Crippen molar-refractivity contribution in [1.82, 2.24) is 14.8 Å². The second-order valence-electron chi connectivity index (χ2n) is 4.59. The van der Waals surface area contributed by atoms with Gasteiger partial charge in [-0.15, -0.1) is 0 Å². The number of ether oxygens (including phenoxy) is 1. The summed E-state index contributed by atoms with van der Waals surface area (Å²) >= 11 is 0. The fourth-order valence-electron chi connectivity index (χ4n) is 1.94. The van der Waals surface area contributed by atoms with E-state index in [0.717, 1.165) is 24.4 Å². The minimum atomic E-state index is -1.46. The number of aryl methyl sites for hydroxylation is 2. The quantitative estimate of drug-likeness (QED) is 0.739. The molecule has 2 N–H and O–H groups in total. The van der Waals surface area contributed by atoms with Gasteiger partial charge in [0.2, 0.25) is 0 Å². The van der Waals surface area contributed by atoms with Crippen molar-refractivity contribution in [2.45, 2.75) is 33.4 Å². The van der Waals surface area contributed by atoms with Crippen LogP contribution in [0.1, 0.15) is 24.7 Å². The Hall–Kier alpha value is -1.86. The minimum Gasteiger partial charge on any atom is -0.485 e. The second-order valence-corrected chi connectivity index (χ2v) is 4.59. The van der Waals surface area contributed by atoms with Gasteiger partial charge < -0.3 is 14.8 Å². The van der Waals surface area contributed by atoms with E-state index < -0.39 is 7.12 Å². The van der Waals surface area contributed by atoms with Crippen LogP contribution in [0.3, 0.4) is 0 Å². The lowest BCUT2D eigenvalue weighted by Crippen LogP contribution is -2.29. The molecule has 0 aliphatic rings. The van der Waals surface area contributed by atoms with Crippen LogP contribution in [0.15, 0.2) is 24.5 Å². The van der Waals surface area contributed by atoms with Crippen molar-refractivity contribution in [3.8, 4) is 5.75 Å². The number of hydrogen-bond donors (Lipinski definition) is 2. The standard InChI is InChI=1S/C13H18BN3O3/c1-3-6-17-13(15-9-16-17)8-20-12-5-4-11(14(18)19)7-10(12)2/h4-5,7,9,18-19H,3,6,8H2,1-2H3. The van der Waals surface area contributed by atoms with Crippen molar-refractivity contribution < 1.29 is 14.8 Å². The summed E-state index contributed by atoms with van der Waals surface area (Å²) < 4.78 is 7.54. The molecule has 1 aromatic carbocycles. The first-order valence-electron chi connectivity index (χ1n) is 6.58. The van der Waals surface area contributed by atoms with E-state index in [1.54, 1.807) is 18.2 Å². The van der Waals surface area contributed by atoms with Gasteiger partial charge in [0.15, 0.2) is 5.82 Å². The first-order valence-corrected chi connectivity index (χ1v) is 6.58. The zero-order valence-electron chi connectivity index (χ0n) is 11.7. The summed E-state index contributed by atoms with van der Waals surface area (Å²) in [5.74, 6) is 1.47. The molecule has 2 rings (SSSR count). The summed E-state index contributed by atoms with van der Waals surface area (Å²) in [4.78, 5) is 4.17. The van der Waals surface area contributed by atoms with Crippen molar-refractivity contribution in [3.63, 3.8) is 0 Å².